The van der Waals surface area contributed by atoms with Crippen LogP contribution < -0.4 is 0 Å². The van der Waals surface area contributed by atoms with Crippen LogP contribution in [0.3, 0.4) is 0 Å². The van der Waals surface area contributed by atoms with Gasteiger partial charge in [0.25, 0.3) is 0 Å². The van der Waals surface area contributed by atoms with Crippen molar-refractivity contribution in [2.24, 2.45) is 35.0 Å². The molecule has 4 heteroatoms. The zero-order valence-corrected chi connectivity index (χ0v) is 20.1. The average Bonchev–Trinajstić information content (AvgIpc) is 3.23. The molecule has 0 bridgehead atoms. The standard InChI is InChI=1S/C27H42O4/c1-5-22(28)17-25-24(11-10-21-16-23(29)13-14-27(21,25)4)20-9-8-19(15-20)18(3)7-12-26(30)31-6-2/h16,18-20,24-25H,5-15,17H2,1-4H3/t18-,19+,20-,24+,25+,27+/m1/s1. The van der Waals surface area contributed by atoms with E-state index >= 15 is 0 Å². The summed E-state index contributed by atoms with van der Waals surface area (Å²) in [6.07, 6.45) is 12.0. The van der Waals surface area contributed by atoms with Crippen molar-refractivity contribution in [1.29, 1.82) is 0 Å². The highest BCUT2D eigenvalue weighted by molar-refractivity contribution is 5.91. The van der Waals surface area contributed by atoms with Crippen LogP contribution in [0.25, 0.3) is 0 Å². The first-order valence-electron chi connectivity index (χ1n) is 12.7. The number of hydrogen-bond acceptors (Lipinski definition) is 4. The molecule has 31 heavy (non-hydrogen) atoms. The highest BCUT2D eigenvalue weighted by atomic mass is 16.5. The van der Waals surface area contributed by atoms with E-state index in [0.717, 1.165) is 25.7 Å². The Balaban J connectivity index is 1.69. The molecule has 0 heterocycles. The van der Waals surface area contributed by atoms with Crippen molar-refractivity contribution >= 4 is 17.5 Å². The van der Waals surface area contributed by atoms with Gasteiger partial charge in [0.15, 0.2) is 5.78 Å². The number of carbonyl (C=O) groups is 3. The number of esters is 1. The minimum Gasteiger partial charge on any atom is -0.466 e. The molecule has 0 radical (unpaired) electrons. The normalized spacial score (nSPS) is 34.1. The summed E-state index contributed by atoms with van der Waals surface area (Å²) in [5, 5.41) is 0. The third-order valence-corrected chi connectivity index (χ3v) is 8.92. The minimum absolute atomic E-state index is 0.00920. The van der Waals surface area contributed by atoms with Gasteiger partial charge in [0, 0.05) is 25.7 Å². The van der Waals surface area contributed by atoms with Gasteiger partial charge in [-0.1, -0.05) is 26.3 Å². The van der Waals surface area contributed by atoms with E-state index in [9.17, 15) is 14.4 Å². The quantitative estimate of drug-likeness (QED) is 0.416. The monoisotopic (exact) mass is 430 g/mol. The fourth-order valence-electron chi connectivity index (χ4n) is 6.86. The Labute approximate surface area is 188 Å². The Bertz CT molecular complexity index is 708. The molecule has 0 unspecified atom stereocenters. The van der Waals surface area contributed by atoms with Gasteiger partial charge >= 0.3 is 5.97 Å². The van der Waals surface area contributed by atoms with Crippen LogP contribution in [0.15, 0.2) is 11.6 Å². The smallest absolute Gasteiger partial charge is 0.305 e. The lowest BCUT2D eigenvalue weighted by atomic mass is 9.53. The number of fused-ring (bicyclic) bond motifs is 1. The maximum absolute atomic E-state index is 12.6. The molecule has 0 spiro atoms. The zero-order chi connectivity index (χ0) is 22.6. The summed E-state index contributed by atoms with van der Waals surface area (Å²) in [7, 11) is 0. The second-order valence-electron chi connectivity index (χ2n) is 10.6. The van der Waals surface area contributed by atoms with E-state index in [1.807, 2.05) is 19.9 Å². The third kappa shape index (κ3) is 5.49. The van der Waals surface area contributed by atoms with Crippen LogP contribution in [-0.4, -0.2) is 24.1 Å². The first-order chi connectivity index (χ1) is 14.8. The first kappa shape index (κ1) is 24.2. The van der Waals surface area contributed by atoms with Crippen LogP contribution in [0.5, 0.6) is 0 Å². The number of allylic oxidation sites excluding steroid dienone is 2. The molecule has 2 fully saturated rings. The minimum atomic E-state index is -0.0755. The highest BCUT2D eigenvalue weighted by Crippen LogP contribution is 2.58. The zero-order valence-electron chi connectivity index (χ0n) is 20.1. The van der Waals surface area contributed by atoms with E-state index < -0.39 is 0 Å². The van der Waals surface area contributed by atoms with Crippen LogP contribution in [0, 0.1) is 35.0 Å². The summed E-state index contributed by atoms with van der Waals surface area (Å²) >= 11 is 0. The Hall–Kier alpha value is -1.45. The van der Waals surface area contributed by atoms with E-state index in [-0.39, 0.29) is 17.2 Å². The van der Waals surface area contributed by atoms with E-state index in [1.165, 1.54) is 24.8 Å². The summed E-state index contributed by atoms with van der Waals surface area (Å²) in [6, 6.07) is 0. The number of ketones is 2. The van der Waals surface area contributed by atoms with E-state index in [2.05, 4.69) is 13.8 Å². The molecule has 174 valence electrons. The van der Waals surface area contributed by atoms with Gasteiger partial charge in [-0.25, -0.2) is 0 Å². The molecule has 0 aromatic carbocycles. The second kappa shape index (κ2) is 10.4. The van der Waals surface area contributed by atoms with Crippen LogP contribution in [0.1, 0.15) is 98.3 Å². The van der Waals surface area contributed by atoms with Crippen molar-refractivity contribution < 1.29 is 19.1 Å². The van der Waals surface area contributed by atoms with Crippen LogP contribution in [0.4, 0.5) is 0 Å². The number of hydrogen-bond donors (Lipinski definition) is 0. The maximum Gasteiger partial charge on any atom is 0.305 e. The van der Waals surface area contributed by atoms with Gasteiger partial charge < -0.3 is 4.74 Å². The average molecular weight is 431 g/mol. The molecule has 3 aliphatic carbocycles. The molecule has 3 rings (SSSR count). The molecule has 0 saturated heterocycles. The summed E-state index contributed by atoms with van der Waals surface area (Å²) in [5.41, 5.74) is 1.32. The van der Waals surface area contributed by atoms with E-state index in [4.69, 9.17) is 4.74 Å². The lowest BCUT2D eigenvalue weighted by Crippen LogP contribution is -2.44. The topological polar surface area (TPSA) is 60.4 Å². The number of ether oxygens (including phenoxy) is 1. The molecule has 0 N–H and O–H groups in total. The van der Waals surface area contributed by atoms with E-state index in [0.29, 0.717) is 67.7 Å². The van der Waals surface area contributed by atoms with Crippen molar-refractivity contribution in [3.63, 3.8) is 0 Å². The van der Waals surface area contributed by atoms with Crippen molar-refractivity contribution in [2.45, 2.75) is 98.3 Å². The molecule has 0 aromatic heterocycles. The fraction of sp³-hybridized carbons (Fsp3) is 0.815. The van der Waals surface area contributed by atoms with Crippen LogP contribution in [-0.2, 0) is 19.1 Å². The number of rotatable bonds is 9. The number of carbonyl (C=O) groups excluding carboxylic acids is 3. The Kier molecular flexibility index (Phi) is 8.15. The lowest BCUT2D eigenvalue weighted by molar-refractivity contribution is -0.143. The molecule has 0 aliphatic heterocycles. The van der Waals surface area contributed by atoms with Gasteiger partial charge in [0.1, 0.15) is 5.78 Å². The molecule has 0 aromatic rings. The van der Waals surface area contributed by atoms with Gasteiger partial charge in [0.05, 0.1) is 6.61 Å². The molecule has 0 amide bonds. The van der Waals surface area contributed by atoms with Gasteiger partial charge in [-0.3, -0.25) is 14.4 Å². The molecule has 2 saturated carbocycles. The van der Waals surface area contributed by atoms with Gasteiger partial charge in [0.2, 0.25) is 0 Å². The molecular weight excluding hydrogens is 388 g/mol. The van der Waals surface area contributed by atoms with Crippen LogP contribution in [0.2, 0.25) is 0 Å². The summed E-state index contributed by atoms with van der Waals surface area (Å²) in [4.78, 5) is 36.4. The van der Waals surface area contributed by atoms with E-state index in [1.54, 1.807) is 0 Å². The second-order valence-corrected chi connectivity index (χ2v) is 10.6. The van der Waals surface area contributed by atoms with Crippen molar-refractivity contribution in [3.8, 4) is 0 Å². The van der Waals surface area contributed by atoms with Crippen molar-refractivity contribution in [1.82, 2.24) is 0 Å². The Morgan fingerprint density at radius 1 is 1.19 bits per heavy atom. The van der Waals surface area contributed by atoms with Gasteiger partial charge in [-0.05, 0) is 93.0 Å². The van der Waals surface area contributed by atoms with Gasteiger partial charge in [-0.2, -0.15) is 0 Å². The highest BCUT2D eigenvalue weighted by Gasteiger charge is 2.50. The largest absolute Gasteiger partial charge is 0.466 e. The SMILES string of the molecule is CCOC(=O)CC[C@@H](C)[C@H]1CC[C@@H]([C@@H]2CCC3=CC(=O)CC[C@]3(C)[C@H]2CC(=O)CC)C1. The summed E-state index contributed by atoms with van der Waals surface area (Å²) < 4.78 is 5.10. The molecular formula is C27H42O4. The summed E-state index contributed by atoms with van der Waals surface area (Å²) in [6.45, 7) is 8.91. The summed E-state index contributed by atoms with van der Waals surface area (Å²) in [5.74, 6) is 3.37. The van der Waals surface area contributed by atoms with Crippen molar-refractivity contribution in [3.05, 3.63) is 11.6 Å². The lowest BCUT2D eigenvalue weighted by Gasteiger charge is -2.51. The van der Waals surface area contributed by atoms with Crippen molar-refractivity contribution in [2.75, 3.05) is 6.61 Å². The fourth-order valence-corrected chi connectivity index (χ4v) is 6.86. The molecule has 4 nitrogen and oxygen atoms in total. The predicted octanol–water partition coefficient (Wildman–Crippen LogP) is 6.07. The molecule has 6 atom stereocenters. The number of Topliss-reactive ketones (excluding diaryl/α,β-unsaturated/α-hetero) is 1. The Morgan fingerprint density at radius 3 is 2.68 bits per heavy atom. The molecule has 3 aliphatic rings. The first-order valence-corrected chi connectivity index (χ1v) is 12.7. The van der Waals surface area contributed by atoms with Crippen LogP contribution >= 0.6 is 0 Å². The Morgan fingerprint density at radius 2 is 1.97 bits per heavy atom. The maximum atomic E-state index is 12.6. The third-order valence-electron chi connectivity index (χ3n) is 8.92. The predicted molar refractivity (Wildman–Crippen MR) is 122 cm³/mol. The van der Waals surface area contributed by atoms with Gasteiger partial charge in [-0.15, -0.1) is 0 Å².